The first-order chi connectivity index (χ1) is 16.5. The number of amides is 4. The lowest BCUT2D eigenvalue weighted by Gasteiger charge is -2.30. The number of carbonyl (C=O) groups is 3. The number of anilines is 1. The molecule has 0 saturated carbocycles. The Hall–Kier alpha value is -3.67. The number of morpholine rings is 1. The Kier molecular flexibility index (Phi) is 6.41. The summed E-state index contributed by atoms with van der Waals surface area (Å²) in [5, 5.41) is 0. The first-order valence-electron chi connectivity index (χ1n) is 10.8. The molecular formula is C23H23F3N4O5. The highest BCUT2D eigenvalue weighted by atomic mass is 19.4. The monoisotopic (exact) mass is 492 g/mol. The molecule has 0 unspecified atom stereocenters. The molecule has 2 aromatic rings. The van der Waals surface area contributed by atoms with Crippen LogP contribution in [0.1, 0.15) is 29.8 Å². The lowest BCUT2D eigenvalue weighted by molar-refractivity contribution is -0.274. The van der Waals surface area contributed by atoms with Crippen LogP contribution in [0, 0.1) is 0 Å². The normalized spacial score (nSPS) is 18.3. The molecule has 35 heavy (non-hydrogen) atoms. The van der Waals surface area contributed by atoms with E-state index in [4.69, 9.17) is 4.74 Å². The molecular weight excluding hydrogens is 469 g/mol. The number of pyridine rings is 1. The molecule has 4 rings (SSSR count). The van der Waals surface area contributed by atoms with Crippen LogP contribution in [0.25, 0.3) is 0 Å². The number of urea groups is 1. The molecule has 2 aliphatic heterocycles. The zero-order valence-corrected chi connectivity index (χ0v) is 19.0. The summed E-state index contributed by atoms with van der Waals surface area (Å²) in [6.07, 6.45) is -1.93. The molecule has 12 heteroatoms. The molecule has 1 aromatic heterocycles. The Morgan fingerprint density at radius 1 is 1.11 bits per heavy atom. The van der Waals surface area contributed by atoms with Crippen LogP contribution in [-0.4, -0.2) is 70.8 Å². The summed E-state index contributed by atoms with van der Waals surface area (Å²) >= 11 is 0. The van der Waals surface area contributed by atoms with E-state index in [0.717, 1.165) is 17.0 Å². The average molecular weight is 492 g/mol. The van der Waals surface area contributed by atoms with Gasteiger partial charge in [-0.2, -0.15) is 0 Å². The SMILES string of the molecule is CC1(C)C(=O)N(c2ccc(OC(F)(F)F)cc2)C(=O)N1Cc1ccncc1C(=O)N1CCOCC1. The molecule has 2 saturated heterocycles. The zero-order valence-electron chi connectivity index (χ0n) is 19.0. The van der Waals surface area contributed by atoms with E-state index in [1.807, 2.05) is 0 Å². The molecule has 0 bridgehead atoms. The number of hydrogen-bond donors (Lipinski definition) is 0. The van der Waals surface area contributed by atoms with Crippen LogP contribution in [-0.2, 0) is 16.1 Å². The maximum atomic E-state index is 13.3. The van der Waals surface area contributed by atoms with Crippen LogP contribution in [0.4, 0.5) is 23.7 Å². The van der Waals surface area contributed by atoms with Crippen molar-refractivity contribution in [1.82, 2.24) is 14.8 Å². The second-order valence-electron chi connectivity index (χ2n) is 8.55. The van der Waals surface area contributed by atoms with E-state index in [1.165, 1.54) is 29.4 Å². The van der Waals surface area contributed by atoms with Gasteiger partial charge in [-0.05, 0) is 49.7 Å². The van der Waals surface area contributed by atoms with Gasteiger partial charge in [-0.3, -0.25) is 14.6 Å². The number of carbonyl (C=O) groups excluding carboxylic acids is 3. The Bertz CT molecular complexity index is 1130. The molecule has 186 valence electrons. The highest BCUT2D eigenvalue weighted by molar-refractivity contribution is 6.23. The number of imide groups is 1. The smallest absolute Gasteiger partial charge is 0.406 e. The van der Waals surface area contributed by atoms with Gasteiger partial charge in [0.05, 0.1) is 24.5 Å². The van der Waals surface area contributed by atoms with Crippen molar-refractivity contribution >= 4 is 23.5 Å². The Balaban J connectivity index is 1.58. The van der Waals surface area contributed by atoms with E-state index in [2.05, 4.69) is 9.72 Å². The molecule has 0 N–H and O–H groups in total. The van der Waals surface area contributed by atoms with Crippen molar-refractivity contribution in [3.8, 4) is 5.75 Å². The van der Waals surface area contributed by atoms with E-state index in [0.29, 0.717) is 37.4 Å². The summed E-state index contributed by atoms with van der Waals surface area (Å²) in [4.78, 5) is 47.5. The maximum Gasteiger partial charge on any atom is 0.573 e. The van der Waals surface area contributed by atoms with Gasteiger partial charge >= 0.3 is 12.4 Å². The number of rotatable bonds is 5. The van der Waals surface area contributed by atoms with Gasteiger partial charge in [0.15, 0.2) is 0 Å². The first-order valence-corrected chi connectivity index (χ1v) is 10.8. The molecule has 9 nitrogen and oxygen atoms in total. The topological polar surface area (TPSA) is 92.3 Å². The minimum Gasteiger partial charge on any atom is -0.406 e. The zero-order chi connectivity index (χ0) is 25.4. The van der Waals surface area contributed by atoms with Crippen molar-refractivity contribution in [2.24, 2.45) is 0 Å². The summed E-state index contributed by atoms with van der Waals surface area (Å²) in [6, 6.07) is 5.42. The number of ether oxygens (including phenoxy) is 2. The van der Waals surface area contributed by atoms with Crippen molar-refractivity contribution in [3.63, 3.8) is 0 Å². The van der Waals surface area contributed by atoms with Crippen LogP contribution in [0.2, 0.25) is 0 Å². The van der Waals surface area contributed by atoms with Crippen LogP contribution < -0.4 is 9.64 Å². The minimum atomic E-state index is -4.86. The molecule has 0 radical (unpaired) electrons. The summed E-state index contributed by atoms with van der Waals surface area (Å²) < 4.78 is 46.5. The van der Waals surface area contributed by atoms with Crippen molar-refractivity contribution in [3.05, 3.63) is 53.9 Å². The van der Waals surface area contributed by atoms with Crippen molar-refractivity contribution in [2.45, 2.75) is 32.3 Å². The highest BCUT2D eigenvalue weighted by Gasteiger charge is 2.52. The predicted octanol–water partition coefficient (Wildman–Crippen LogP) is 3.20. The predicted molar refractivity (Wildman–Crippen MR) is 117 cm³/mol. The van der Waals surface area contributed by atoms with Crippen LogP contribution >= 0.6 is 0 Å². The van der Waals surface area contributed by atoms with E-state index in [9.17, 15) is 27.6 Å². The molecule has 0 spiro atoms. The van der Waals surface area contributed by atoms with Gasteiger partial charge in [0.1, 0.15) is 11.3 Å². The van der Waals surface area contributed by atoms with Crippen molar-refractivity contribution in [1.29, 1.82) is 0 Å². The van der Waals surface area contributed by atoms with Gasteiger partial charge in [-0.15, -0.1) is 13.2 Å². The van der Waals surface area contributed by atoms with E-state index in [1.54, 1.807) is 24.8 Å². The number of nitrogens with zero attached hydrogens (tertiary/aromatic N) is 4. The number of alkyl halides is 3. The molecule has 4 amide bonds. The second kappa shape index (κ2) is 9.17. The highest BCUT2D eigenvalue weighted by Crippen LogP contribution is 2.35. The minimum absolute atomic E-state index is 0.0444. The van der Waals surface area contributed by atoms with Crippen LogP contribution in [0.5, 0.6) is 5.75 Å². The summed E-state index contributed by atoms with van der Waals surface area (Å²) in [5.74, 6) is -1.27. The molecule has 1 aromatic carbocycles. The van der Waals surface area contributed by atoms with Gasteiger partial charge in [0.2, 0.25) is 0 Å². The lowest BCUT2D eigenvalue weighted by atomic mass is 10.0. The molecule has 3 heterocycles. The fourth-order valence-electron chi connectivity index (χ4n) is 3.99. The summed E-state index contributed by atoms with van der Waals surface area (Å²) in [7, 11) is 0. The average Bonchev–Trinajstić information content (AvgIpc) is 2.98. The number of benzene rings is 1. The Morgan fingerprint density at radius 3 is 2.40 bits per heavy atom. The fourth-order valence-corrected chi connectivity index (χ4v) is 3.99. The van der Waals surface area contributed by atoms with Gasteiger partial charge in [0.25, 0.3) is 11.8 Å². The summed E-state index contributed by atoms with van der Waals surface area (Å²) in [6.45, 7) is 4.81. The molecule has 2 aliphatic rings. The molecule has 2 fully saturated rings. The number of halogens is 3. The number of hydrogen-bond acceptors (Lipinski definition) is 6. The van der Waals surface area contributed by atoms with E-state index < -0.39 is 29.6 Å². The maximum absolute atomic E-state index is 13.3. The van der Waals surface area contributed by atoms with Gasteiger partial charge in [-0.1, -0.05) is 0 Å². The largest absolute Gasteiger partial charge is 0.573 e. The standard InChI is InChI=1S/C23H23F3N4O5/c1-22(2)20(32)30(16-3-5-17(6-4-16)35-23(24,25)26)21(33)29(22)14-15-7-8-27-13-18(15)19(31)28-9-11-34-12-10-28/h3-8,13H,9-12,14H2,1-2H3. The third-order valence-electron chi connectivity index (χ3n) is 5.92. The Labute approximate surface area is 199 Å². The lowest BCUT2D eigenvalue weighted by Crippen LogP contribution is -2.44. The van der Waals surface area contributed by atoms with Gasteiger partial charge in [-0.25, -0.2) is 9.69 Å². The summed E-state index contributed by atoms with van der Waals surface area (Å²) in [5.41, 5.74) is -0.343. The fraction of sp³-hybridized carbons (Fsp3) is 0.391. The van der Waals surface area contributed by atoms with Crippen molar-refractivity contribution in [2.75, 3.05) is 31.2 Å². The van der Waals surface area contributed by atoms with Crippen LogP contribution in [0.3, 0.4) is 0 Å². The number of aromatic nitrogens is 1. The van der Waals surface area contributed by atoms with Crippen LogP contribution in [0.15, 0.2) is 42.7 Å². The van der Waals surface area contributed by atoms with E-state index >= 15 is 0 Å². The molecule has 0 aliphatic carbocycles. The molecule has 0 atom stereocenters. The second-order valence-corrected chi connectivity index (χ2v) is 8.55. The van der Waals surface area contributed by atoms with E-state index in [-0.39, 0.29) is 18.1 Å². The van der Waals surface area contributed by atoms with Gasteiger partial charge in [0, 0.05) is 32.0 Å². The third kappa shape index (κ3) is 4.92. The van der Waals surface area contributed by atoms with Gasteiger partial charge < -0.3 is 19.3 Å². The quantitative estimate of drug-likeness (QED) is 0.596. The first kappa shape index (κ1) is 24.5. The third-order valence-corrected chi connectivity index (χ3v) is 5.92. The Morgan fingerprint density at radius 2 is 1.77 bits per heavy atom. The van der Waals surface area contributed by atoms with Crippen molar-refractivity contribution < 1.29 is 37.0 Å².